The number of rotatable bonds is 5. The number of ether oxygens (including phenoxy) is 2. The van der Waals surface area contributed by atoms with Gasteiger partial charge in [-0.25, -0.2) is 0 Å². The first-order chi connectivity index (χ1) is 10.0. The van der Waals surface area contributed by atoms with Crippen molar-refractivity contribution in [1.82, 2.24) is 0 Å². The van der Waals surface area contributed by atoms with Crippen LogP contribution in [-0.2, 0) is 0 Å². The third-order valence-corrected chi connectivity index (χ3v) is 3.82. The SMILES string of the molecule is COc1ccccc1C(N)COc1c(C)ccc(C)c1C. The lowest BCUT2D eigenvalue weighted by molar-refractivity contribution is 0.283. The van der Waals surface area contributed by atoms with E-state index in [0.717, 1.165) is 22.6 Å². The predicted molar refractivity (Wildman–Crippen MR) is 86.1 cm³/mol. The van der Waals surface area contributed by atoms with E-state index >= 15 is 0 Å². The number of aryl methyl sites for hydroxylation is 2. The van der Waals surface area contributed by atoms with E-state index < -0.39 is 0 Å². The molecule has 0 radical (unpaired) electrons. The molecule has 0 aliphatic heterocycles. The van der Waals surface area contributed by atoms with Gasteiger partial charge in [0.1, 0.15) is 18.1 Å². The highest BCUT2D eigenvalue weighted by Crippen LogP contribution is 2.28. The molecule has 0 aliphatic carbocycles. The molecule has 2 aromatic rings. The van der Waals surface area contributed by atoms with Gasteiger partial charge in [-0.15, -0.1) is 0 Å². The van der Waals surface area contributed by atoms with E-state index in [1.54, 1.807) is 7.11 Å². The van der Waals surface area contributed by atoms with Gasteiger partial charge in [0.05, 0.1) is 13.2 Å². The first kappa shape index (κ1) is 15.4. The molecule has 3 heteroatoms. The quantitative estimate of drug-likeness (QED) is 0.911. The average Bonchev–Trinajstić information content (AvgIpc) is 2.50. The first-order valence-corrected chi connectivity index (χ1v) is 7.12. The van der Waals surface area contributed by atoms with E-state index in [0.29, 0.717) is 6.61 Å². The molecule has 0 aromatic heterocycles. The molecule has 0 aliphatic rings. The van der Waals surface area contributed by atoms with E-state index in [1.807, 2.05) is 24.3 Å². The zero-order chi connectivity index (χ0) is 15.4. The zero-order valence-corrected chi connectivity index (χ0v) is 13.1. The van der Waals surface area contributed by atoms with E-state index in [-0.39, 0.29) is 6.04 Å². The van der Waals surface area contributed by atoms with Crippen molar-refractivity contribution in [2.45, 2.75) is 26.8 Å². The van der Waals surface area contributed by atoms with Gasteiger partial charge in [-0.2, -0.15) is 0 Å². The van der Waals surface area contributed by atoms with Crippen molar-refractivity contribution < 1.29 is 9.47 Å². The number of benzene rings is 2. The summed E-state index contributed by atoms with van der Waals surface area (Å²) >= 11 is 0. The molecule has 0 spiro atoms. The smallest absolute Gasteiger partial charge is 0.125 e. The Balaban J connectivity index is 2.15. The van der Waals surface area contributed by atoms with Gasteiger partial charge in [-0.1, -0.05) is 30.3 Å². The summed E-state index contributed by atoms with van der Waals surface area (Å²) in [6.07, 6.45) is 0. The summed E-state index contributed by atoms with van der Waals surface area (Å²) in [4.78, 5) is 0. The predicted octanol–water partition coefficient (Wildman–Crippen LogP) is 3.70. The molecule has 2 rings (SSSR count). The Morgan fingerprint density at radius 2 is 1.67 bits per heavy atom. The number of hydrogen-bond donors (Lipinski definition) is 1. The van der Waals surface area contributed by atoms with Crippen LogP contribution in [0.4, 0.5) is 0 Å². The summed E-state index contributed by atoms with van der Waals surface area (Å²) in [5, 5.41) is 0. The molecule has 0 bridgehead atoms. The summed E-state index contributed by atoms with van der Waals surface area (Å²) in [6.45, 7) is 6.63. The molecule has 21 heavy (non-hydrogen) atoms. The molecule has 3 nitrogen and oxygen atoms in total. The zero-order valence-electron chi connectivity index (χ0n) is 13.1. The molecule has 1 atom stereocenters. The van der Waals surface area contributed by atoms with Gasteiger partial charge in [0.2, 0.25) is 0 Å². The van der Waals surface area contributed by atoms with Crippen LogP contribution in [0, 0.1) is 20.8 Å². The van der Waals surface area contributed by atoms with E-state index in [1.165, 1.54) is 11.1 Å². The Morgan fingerprint density at radius 1 is 1.00 bits per heavy atom. The Hall–Kier alpha value is -2.00. The minimum absolute atomic E-state index is 0.222. The van der Waals surface area contributed by atoms with E-state index in [2.05, 4.69) is 32.9 Å². The van der Waals surface area contributed by atoms with Crippen molar-refractivity contribution in [2.75, 3.05) is 13.7 Å². The molecule has 0 fully saturated rings. The Labute approximate surface area is 126 Å². The summed E-state index contributed by atoms with van der Waals surface area (Å²) in [6, 6.07) is 11.7. The molecular weight excluding hydrogens is 262 g/mol. The molecule has 0 saturated heterocycles. The number of para-hydroxylation sites is 1. The lowest BCUT2D eigenvalue weighted by atomic mass is 10.0. The number of hydrogen-bond acceptors (Lipinski definition) is 3. The van der Waals surface area contributed by atoms with Gasteiger partial charge < -0.3 is 15.2 Å². The van der Waals surface area contributed by atoms with Crippen molar-refractivity contribution in [3.63, 3.8) is 0 Å². The summed E-state index contributed by atoms with van der Waals surface area (Å²) in [7, 11) is 1.65. The topological polar surface area (TPSA) is 44.5 Å². The third kappa shape index (κ3) is 3.37. The maximum atomic E-state index is 6.25. The van der Waals surface area contributed by atoms with Gasteiger partial charge >= 0.3 is 0 Å². The molecule has 0 amide bonds. The molecule has 0 heterocycles. The summed E-state index contributed by atoms with van der Waals surface area (Å²) in [5.41, 5.74) is 10.7. The lowest BCUT2D eigenvalue weighted by Gasteiger charge is -2.19. The highest BCUT2D eigenvalue weighted by molar-refractivity contribution is 5.44. The Morgan fingerprint density at radius 3 is 2.38 bits per heavy atom. The van der Waals surface area contributed by atoms with Crippen molar-refractivity contribution in [3.05, 3.63) is 58.7 Å². The van der Waals surface area contributed by atoms with Gasteiger partial charge in [0.25, 0.3) is 0 Å². The average molecular weight is 285 g/mol. The van der Waals surface area contributed by atoms with Crippen LogP contribution in [0.15, 0.2) is 36.4 Å². The summed E-state index contributed by atoms with van der Waals surface area (Å²) < 4.78 is 11.3. The van der Waals surface area contributed by atoms with Crippen molar-refractivity contribution in [3.8, 4) is 11.5 Å². The maximum Gasteiger partial charge on any atom is 0.125 e. The Bertz CT molecular complexity index is 623. The van der Waals surface area contributed by atoms with Crippen molar-refractivity contribution in [1.29, 1.82) is 0 Å². The van der Waals surface area contributed by atoms with Crippen LogP contribution in [0.25, 0.3) is 0 Å². The van der Waals surface area contributed by atoms with Gasteiger partial charge in [0, 0.05) is 5.56 Å². The fourth-order valence-electron chi connectivity index (χ4n) is 2.38. The molecule has 1 unspecified atom stereocenters. The van der Waals surface area contributed by atoms with Crippen LogP contribution in [0.3, 0.4) is 0 Å². The highest BCUT2D eigenvalue weighted by Gasteiger charge is 2.14. The van der Waals surface area contributed by atoms with Crippen LogP contribution in [-0.4, -0.2) is 13.7 Å². The van der Waals surface area contributed by atoms with Crippen LogP contribution >= 0.6 is 0 Å². The number of nitrogens with two attached hydrogens (primary N) is 1. The standard InChI is InChI=1S/C18H23NO2/c1-12-9-10-13(2)18(14(12)3)21-11-16(19)15-7-5-6-8-17(15)20-4/h5-10,16H,11,19H2,1-4H3. The highest BCUT2D eigenvalue weighted by atomic mass is 16.5. The first-order valence-electron chi connectivity index (χ1n) is 7.12. The van der Waals surface area contributed by atoms with Crippen LogP contribution in [0.1, 0.15) is 28.3 Å². The summed E-state index contributed by atoms with van der Waals surface area (Å²) in [5.74, 6) is 1.73. The largest absolute Gasteiger partial charge is 0.496 e. The second-order valence-electron chi connectivity index (χ2n) is 5.31. The molecule has 2 aromatic carbocycles. The van der Waals surface area contributed by atoms with E-state index in [4.69, 9.17) is 15.2 Å². The number of methoxy groups -OCH3 is 1. The van der Waals surface area contributed by atoms with Crippen molar-refractivity contribution in [2.24, 2.45) is 5.73 Å². The lowest BCUT2D eigenvalue weighted by Crippen LogP contribution is -2.20. The fourth-order valence-corrected chi connectivity index (χ4v) is 2.38. The normalized spacial score (nSPS) is 12.0. The molecular formula is C18H23NO2. The van der Waals surface area contributed by atoms with Gasteiger partial charge in [-0.05, 0) is 43.5 Å². The second kappa shape index (κ2) is 6.64. The fraction of sp³-hybridized carbons (Fsp3) is 0.333. The monoisotopic (exact) mass is 285 g/mol. The second-order valence-corrected chi connectivity index (χ2v) is 5.31. The molecule has 112 valence electrons. The van der Waals surface area contributed by atoms with Crippen molar-refractivity contribution >= 4 is 0 Å². The van der Waals surface area contributed by atoms with E-state index in [9.17, 15) is 0 Å². The van der Waals surface area contributed by atoms with Crippen LogP contribution in [0.5, 0.6) is 11.5 Å². The minimum Gasteiger partial charge on any atom is -0.496 e. The molecule has 2 N–H and O–H groups in total. The van der Waals surface area contributed by atoms with Gasteiger partial charge in [0.15, 0.2) is 0 Å². The maximum absolute atomic E-state index is 6.25. The van der Waals surface area contributed by atoms with Crippen LogP contribution < -0.4 is 15.2 Å². The Kier molecular flexibility index (Phi) is 4.86. The van der Waals surface area contributed by atoms with Crippen LogP contribution in [0.2, 0.25) is 0 Å². The van der Waals surface area contributed by atoms with Gasteiger partial charge in [-0.3, -0.25) is 0 Å². The third-order valence-electron chi connectivity index (χ3n) is 3.82. The minimum atomic E-state index is -0.222. The molecule has 0 saturated carbocycles.